The predicted octanol–water partition coefficient (Wildman–Crippen LogP) is 2.94. The van der Waals surface area contributed by atoms with Crippen LogP contribution >= 0.6 is 0 Å². The Balaban J connectivity index is 1.47. The number of nitrogens with zero attached hydrogens (tertiary/aromatic N) is 5. The summed E-state index contributed by atoms with van der Waals surface area (Å²) in [7, 11) is 0. The molecule has 1 aliphatic rings. The highest BCUT2D eigenvalue weighted by atomic mass is 16.3. The number of carbonyl (C=O) groups excluding carboxylic acids is 1. The Morgan fingerprint density at radius 1 is 1.18 bits per heavy atom. The van der Waals surface area contributed by atoms with Crippen LogP contribution in [-0.2, 0) is 0 Å². The summed E-state index contributed by atoms with van der Waals surface area (Å²) in [5.74, 6) is 6.43. The molecule has 5 aromatic rings. The molecule has 0 saturated carbocycles. The Hall–Kier alpha value is -5.63. The molecule has 11 nitrogen and oxygen atoms in total. The summed E-state index contributed by atoms with van der Waals surface area (Å²) in [5, 5.41) is 10.6. The van der Waals surface area contributed by atoms with Gasteiger partial charge in [0.25, 0.3) is 11.5 Å². The van der Waals surface area contributed by atoms with Crippen molar-refractivity contribution in [3.05, 3.63) is 100 Å². The maximum Gasteiger partial charge on any atom is 0.267 e. The number of anilines is 2. The summed E-state index contributed by atoms with van der Waals surface area (Å²) in [6.07, 6.45) is 6.33. The van der Waals surface area contributed by atoms with Crippen molar-refractivity contribution in [2.45, 2.75) is 13.0 Å². The molecule has 1 aliphatic heterocycles. The Bertz CT molecular complexity index is 1860. The molecule has 11 heteroatoms. The van der Waals surface area contributed by atoms with Gasteiger partial charge in [0.1, 0.15) is 23.5 Å². The standard InChI is InChI=1S/C28H22N8O3/c1-17(32-27(37)23-24(29)34-35-14-6-13-30-26(23)35)25-33-21-10-5-7-18(11-12-19-15-39-16-31-19)22(21)28(38)36(25)20-8-3-2-4-9-20/h2-10,14-17,30H,13H2,1H3,(H2,29,34)(H,32,37). The number of nitrogens with one attached hydrogen (secondary N) is 2. The first-order valence-electron chi connectivity index (χ1n) is 12.1. The Morgan fingerprint density at radius 2 is 2.03 bits per heavy atom. The molecule has 1 amide bonds. The number of benzene rings is 2. The second-order valence-corrected chi connectivity index (χ2v) is 8.78. The van der Waals surface area contributed by atoms with Crippen molar-refractivity contribution in [2.24, 2.45) is 0 Å². The maximum absolute atomic E-state index is 14.1. The number of oxazole rings is 1. The van der Waals surface area contributed by atoms with Gasteiger partial charge >= 0.3 is 0 Å². The summed E-state index contributed by atoms with van der Waals surface area (Å²) in [6.45, 7) is 2.31. The van der Waals surface area contributed by atoms with Crippen LogP contribution in [0.25, 0.3) is 22.8 Å². The Morgan fingerprint density at radius 3 is 2.82 bits per heavy atom. The van der Waals surface area contributed by atoms with Crippen LogP contribution in [0.3, 0.4) is 0 Å². The fraction of sp³-hybridized carbons (Fsp3) is 0.107. The SMILES string of the molecule is CC(NC(=O)c1c(N)nn2c1NCC=C2)c1nc2cccc(C#Cc3cocn3)c2c(=O)n1-c1ccccc1. The first-order valence-corrected chi connectivity index (χ1v) is 12.1. The van der Waals surface area contributed by atoms with Crippen LogP contribution < -0.4 is 21.9 Å². The third-order valence-electron chi connectivity index (χ3n) is 6.23. The number of nitrogen functional groups attached to an aromatic ring is 1. The lowest BCUT2D eigenvalue weighted by atomic mass is 10.1. The summed E-state index contributed by atoms with van der Waals surface area (Å²) in [6, 6.07) is 13.7. The van der Waals surface area contributed by atoms with Gasteiger partial charge in [0.15, 0.2) is 17.9 Å². The van der Waals surface area contributed by atoms with Gasteiger partial charge in [0.2, 0.25) is 0 Å². The third kappa shape index (κ3) is 4.30. The Labute approximate surface area is 222 Å². The zero-order chi connectivity index (χ0) is 26.9. The van der Waals surface area contributed by atoms with Crippen molar-refractivity contribution in [3.63, 3.8) is 0 Å². The molecule has 0 radical (unpaired) electrons. The number of aromatic nitrogens is 5. The van der Waals surface area contributed by atoms with E-state index in [1.54, 1.807) is 43.5 Å². The van der Waals surface area contributed by atoms with Crippen molar-refractivity contribution in [2.75, 3.05) is 17.6 Å². The average molecular weight is 519 g/mol. The second kappa shape index (κ2) is 9.68. The lowest BCUT2D eigenvalue weighted by molar-refractivity contribution is 0.0939. The van der Waals surface area contributed by atoms with Crippen molar-refractivity contribution >= 4 is 34.6 Å². The van der Waals surface area contributed by atoms with Crippen LogP contribution in [0, 0.1) is 11.8 Å². The molecule has 0 fully saturated rings. The molecule has 3 aromatic heterocycles. The summed E-state index contributed by atoms with van der Waals surface area (Å²) >= 11 is 0. The fourth-order valence-corrected chi connectivity index (χ4v) is 4.47. The minimum Gasteiger partial charge on any atom is -0.450 e. The number of hydrogen-bond donors (Lipinski definition) is 3. The lowest BCUT2D eigenvalue weighted by Gasteiger charge is -2.20. The number of amides is 1. The molecular formula is C28H22N8O3. The number of hydrogen-bond acceptors (Lipinski definition) is 8. The number of fused-ring (bicyclic) bond motifs is 2. The zero-order valence-electron chi connectivity index (χ0n) is 20.8. The monoisotopic (exact) mass is 518 g/mol. The molecule has 1 atom stereocenters. The van der Waals surface area contributed by atoms with Crippen molar-refractivity contribution in [1.29, 1.82) is 0 Å². The van der Waals surface area contributed by atoms with Gasteiger partial charge in [0, 0.05) is 18.3 Å². The van der Waals surface area contributed by atoms with Crippen LogP contribution in [0.4, 0.5) is 11.6 Å². The van der Waals surface area contributed by atoms with Gasteiger partial charge in [0.05, 0.1) is 22.6 Å². The maximum atomic E-state index is 14.1. The van der Waals surface area contributed by atoms with E-state index < -0.39 is 11.9 Å². The highest BCUT2D eigenvalue weighted by Gasteiger charge is 2.26. The molecule has 39 heavy (non-hydrogen) atoms. The van der Waals surface area contributed by atoms with E-state index in [1.807, 2.05) is 24.3 Å². The fourth-order valence-electron chi connectivity index (χ4n) is 4.47. The average Bonchev–Trinajstić information content (AvgIpc) is 3.59. The molecule has 6 rings (SSSR count). The van der Waals surface area contributed by atoms with Gasteiger partial charge in [-0.05, 0) is 43.2 Å². The van der Waals surface area contributed by atoms with E-state index in [9.17, 15) is 9.59 Å². The van der Waals surface area contributed by atoms with E-state index >= 15 is 0 Å². The minimum atomic E-state index is -0.672. The lowest BCUT2D eigenvalue weighted by Crippen LogP contribution is -2.34. The van der Waals surface area contributed by atoms with E-state index in [1.165, 1.54) is 21.9 Å². The van der Waals surface area contributed by atoms with E-state index in [-0.39, 0.29) is 16.9 Å². The number of nitrogens with two attached hydrogens (primary N) is 1. The molecule has 1 unspecified atom stereocenters. The van der Waals surface area contributed by atoms with Gasteiger partial charge in [-0.2, -0.15) is 0 Å². The summed E-state index contributed by atoms with van der Waals surface area (Å²) < 4.78 is 8.00. The van der Waals surface area contributed by atoms with Crippen LogP contribution in [0.5, 0.6) is 0 Å². The molecule has 192 valence electrons. The zero-order valence-corrected chi connectivity index (χ0v) is 20.8. The second-order valence-electron chi connectivity index (χ2n) is 8.78. The van der Waals surface area contributed by atoms with Crippen molar-refractivity contribution in [1.82, 2.24) is 29.6 Å². The molecule has 0 bridgehead atoms. The van der Waals surface area contributed by atoms with E-state index in [4.69, 9.17) is 15.1 Å². The van der Waals surface area contributed by atoms with Crippen LogP contribution in [0.1, 0.15) is 40.4 Å². The molecule has 4 N–H and O–H groups in total. The smallest absolute Gasteiger partial charge is 0.267 e. The van der Waals surface area contributed by atoms with Crippen LogP contribution in [0.2, 0.25) is 0 Å². The normalized spacial score (nSPS) is 12.7. The van der Waals surface area contributed by atoms with Gasteiger partial charge < -0.3 is 20.8 Å². The largest absolute Gasteiger partial charge is 0.450 e. The number of para-hydroxylation sites is 1. The summed E-state index contributed by atoms with van der Waals surface area (Å²) in [5.41, 5.74) is 7.98. The molecule has 0 aliphatic carbocycles. The molecular weight excluding hydrogens is 496 g/mol. The first-order chi connectivity index (χ1) is 19.0. The van der Waals surface area contributed by atoms with Crippen molar-refractivity contribution in [3.8, 4) is 17.5 Å². The molecule has 0 spiro atoms. The molecule has 4 heterocycles. The quantitative estimate of drug-likeness (QED) is 0.308. The predicted molar refractivity (Wildman–Crippen MR) is 146 cm³/mol. The summed E-state index contributed by atoms with van der Waals surface area (Å²) in [4.78, 5) is 36.3. The van der Waals surface area contributed by atoms with Gasteiger partial charge in [-0.3, -0.25) is 14.2 Å². The van der Waals surface area contributed by atoms with Gasteiger partial charge in [-0.25, -0.2) is 14.6 Å². The number of rotatable bonds is 4. The van der Waals surface area contributed by atoms with E-state index in [2.05, 4.69) is 32.6 Å². The topological polar surface area (TPSA) is 146 Å². The van der Waals surface area contributed by atoms with Gasteiger partial charge in [-0.15, -0.1) is 5.10 Å². The van der Waals surface area contributed by atoms with Gasteiger partial charge in [-0.1, -0.05) is 30.2 Å². The highest BCUT2D eigenvalue weighted by molar-refractivity contribution is 6.04. The highest BCUT2D eigenvalue weighted by Crippen LogP contribution is 2.26. The van der Waals surface area contributed by atoms with E-state index in [0.29, 0.717) is 46.0 Å². The minimum absolute atomic E-state index is 0.0935. The third-order valence-corrected chi connectivity index (χ3v) is 6.23. The molecule has 2 aromatic carbocycles. The van der Waals surface area contributed by atoms with Crippen LogP contribution in [-0.4, -0.2) is 36.8 Å². The Kier molecular flexibility index (Phi) is 5.89. The first kappa shape index (κ1) is 23.7. The van der Waals surface area contributed by atoms with E-state index in [0.717, 1.165) is 0 Å². The molecule has 0 saturated heterocycles. The van der Waals surface area contributed by atoms with Crippen LogP contribution in [0.15, 0.2) is 76.5 Å². The van der Waals surface area contributed by atoms with Crippen molar-refractivity contribution < 1.29 is 9.21 Å². The number of carbonyl (C=O) groups is 1.